The van der Waals surface area contributed by atoms with Crippen LogP contribution in [-0.2, 0) is 9.59 Å². The number of nitrogens with zero attached hydrogens (tertiary/aromatic N) is 4. The van der Waals surface area contributed by atoms with Gasteiger partial charge in [-0.3, -0.25) is 0 Å². The lowest BCUT2D eigenvalue weighted by Crippen LogP contribution is -2.30. The van der Waals surface area contributed by atoms with Crippen molar-refractivity contribution in [3.8, 4) is 0 Å². The van der Waals surface area contributed by atoms with Gasteiger partial charge in [-0.15, -0.1) is 0 Å². The van der Waals surface area contributed by atoms with Crippen LogP contribution < -0.4 is 0 Å². The molecule has 0 aromatic heterocycles. The maximum absolute atomic E-state index is 10.4. The predicted octanol–water partition coefficient (Wildman–Crippen LogP) is 2.85. The van der Waals surface area contributed by atoms with Crippen molar-refractivity contribution in [2.24, 2.45) is 32.0 Å². The first-order chi connectivity index (χ1) is 8.22. The summed E-state index contributed by atoms with van der Waals surface area (Å²) in [7, 11) is 0. The van der Waals surface area contributed by atoms with Crippen LogP contribution in [0.25, 0.3) is 0 Å². The fraction of sp³-hybridized carbons (Fsp3) is 0.833. The van der Waals surface area contributed by atoms with Gasteiger partial charge in [-0.25, -0.2) is 9.59 Å². The zero-order chi connectivity index (χ0) is 14.4. The molecule has 0 rings (SSSR count). The van der Waals surface area contributed by atoms with E-state index >= 15 is 0 Å². The van der Waals surface area contributed by atoms with Crippen LogP contribution in [0.15, 0.2) is 20.2 Å². The Morgan fingerprint density at radius 2 is 1.06 bits per heavy atom. The molecule has 18 heavy (non-hydrogen) atoms. The van der Waals surface area contributed by atoms with E-state index in [1.54, 1.807) is 13.8 Å². The van der Waals surface area contributed by atoms with Crippen molar-refractivity contribution in [1.29, 1.82) is 0 Å². The molecule has 0 fully saturated rings. The molecule has 0 bridgehead atoms. The molecule has 0 spiro atoms. The first-order valence-electron chi connectivity index (χ1n) is 5.84. The molecule has 0 N–H and O–H groups in total. The number of hydrogen-bond donors (Lipinski definition) is 0. The van der Waals surface area contributed by atoms with Gasteiger partial charge < -0.3 is 0 Å². The van der Waals surface area contributed by atoms with Crippen LogP contribution >= 0.6 is 0 Å². The van der Waals surface area contributed by atoms with Crippen molar-refractivity contribution >= 4 is 12.2 Å². The highest BCUT2D eigenvalue weighted by molar-refractivity contribution is 5.35. The van der Waals surface area contributed by atoms with Crippen LogP contribution in [-0.4, -0.2) is 23.5 Å². The van der Waals surface area contributed by atoms with Crippen LogP contribution in [0, 0.1) is 11.8 Å². The molecule has 0 aliphatic heterocycles. The zero-order valence-corrected chi connectivity index (χ0v) is 11.8. The third-order valence-electron chi connectivity index (χ3n) is 3.19. The van der Waals surface area contributed by atoms with E-state index in [1.807, 2.05) is 27.7 Å². The molecule has 0 aromatic carbocycles. The highest BCUT2D eigenvalue weighted by Gasteiger charge is 2.32. The van der Waals surface area contributed by atoms with Crippen molar-refractivity contribution in [2.75, 3.05) is 0 Å². The predicted molar refractivity (Wildman–Crippen MR) is 67.6 cm³/mol. The second-order valence-electron chi connectivity index (χ2n) is 5.10. The summed E-state index contributed by atoms with van der Waals surface area (Å²) in [5.41, 5.74) is -1.98. The first kappa shape index (κ1) is 16.4. The number of aliphatic imine (C=N–C) groups is 2. The van der Waals surface area contributed by atoms with Crippen LogP contribution in [0.2, 0.25) is 0 Å². The summed E-state index contributed by atoms with van der Waals surface area (Å²) < 4.78 is 0. The number of isocyanates is 2. The van der Waals surface area contributed by atoms with Gasteiger partial charge in [-0.05, 0) is 13.8 Å². The lowest BCUT2D eigenvalue weighted by Gasteiger charge is -2.26. The Bertz CT molecular complexity index is 368. The van der Waals surface area contributed by atoms with Gasteiger partial charge >= 0.3 is 0 Å². The lowest BCUT2D eigenvalue weighted by atomic mass is 9.99. The Morgan fingerprint density at radius 3 is 1.22 bits per heavy atom. The van der Waals surface area contributed by atoms with Gasteiger partial charge in [0, 0.05) is 11.8 Å². The molecule has 0 saturated heterocycles. The van der Waals surface area contributed by atoms with E-state index < -0.39 is 11.3 Å². The van der Waals surface area contributed by atoms with Crippen molar-refractivity contribution in [2.45, 2.75) is 52.9 Å². The molecular weight excluding hydrogens is 232 g/mol. The molecule has 0 amide bonds. The number of azo groups is 1. The van der Waals surface area contributed by atoms with Gasteiger partial charge in [0.1, 0.15) is 0 Å². The molecule has 0 aliphatic rings. The van der Waals surface area contributed by atoms with Gasteiger partial charge in [0.25, 0.3) is 0 Å². The summed E-state index contributed by atoms with van der Waals surface area (Å²) >= 11 is 0. The third kappa shape index (κ3) is 3.99. The normalized spacial score (nSPS) is 18.0. The van der Waals surface area contributed by atoms with E-state index in [1.165, 1.54) is 12.2 Å². The molecule has 2 atom stereocenters. The Morgan fingerprint density at radius 1 is 0.778 bits per heavy atom. The minimum Gasteiger partial charge on any atom is -0.211 e. The summed E-state index contributed by atoms with van der Waals surface area (Å²) in [5.74, 6) is -0.0568. The van der Waals surface area contributed by atoms with Gasteiger partial charge in [0.15, 0.2) is 11.3 Å². The van der Waals surface area contributed by atoms with Gasteiger partial charge in [-0.1, -0.05) is 27.7 Å². The van der Waals surface area contributed by atoms with E-state index in [4.69, 9.17) is 0 Å². The highest BCUT2D eigenvalue weighted by atomic mass is 16.1. The van der Waals surface area contributed by atoms with Crippen LogP contribution in [0.5, 0.6) is 0 Å². The fourth-order valence-electron chi connectivity index (χ4n) is 0.921. The Kier molecular flexibility index (Phi) is 5.76. The Labute approximate surface area is 107 Å². The van der Waals surface area contributed by atoms with E-state index in [-0.39, 0.29) is 11.8 Å². The molecule has 6 heteroatoms. The average molecular weight is 252 g/mol. The van der Waals surface area contributed by atoms with Gasteiger partial charge in [-0.2, -0.15) is 20.2 Å². The molecule has 0 saturated carbocycles. The topological polar surface area (TPSA) is 83.6 Å². The summed E-state index contributed by atoms with van der Waals surface area (Å²) in [6.07, 6.45) is 3.00. The monoisotopic (exact) mass is 252 g/mol. The van der Waals surface area contributed by atoms with Crippen molar-refractivity contribution in [3.05, 3.63) is 0 Å². The number of carbonyl (C=O) groups excluding carboxylic acids is 2. The van der Waals surface area contributed by atoms with Crippen molar-refractivity contribution in [3.63, 3.8) is 0 Å². The molecule has 100 valence electrons. The van der Waals surface area contributed by atoms with Crippen LogP contribution in [0.4, 0.5) is 0 Å². The fourth-order valence-corrected chi connectivity index (χ4v) is 0.921. The molecular formula is C12H20N4O2. The second kappa shape index (κ2) is 6.34. The summed E-state index contributed by atoms with van der Waals surface area (Å²) in [6, 6.07) is 0. The van der Waals surface area contributed by atoms with Crippen molar-refractivity contribution < 1.29 is 9.59 Å². The summed E-state index contributed by atoms with van der Waals surface area (Å²) in [5, 5.41) is 8.16. The molecule has 0 radical (unpaired) electrons. The van der Waals surface area contributed by atoms with E-state index in [0.717, 1.165) is 0 Å². The highest BCUT2D eigenvalue weighted by Crippen LogP contribution is 2.28. The van der Waals surface area contributed by atoms with E-state index in [2.05, 4.69) is 20.2 Å². The largest absolute Gasteiger partial charge is 0.237 e. The first-order valence-corrected chi connectivity index (χ1v) is 5.84. The smallest absolute Gasteiger partial charge is 0.211 e. The molecule has 0 heterocycles. The second-order valence-corrected chi connectivity index (χ2v) is 5.10. The average Bonchev–Trinajstić information content (AvgIpc) is 2.27. The zero-order valence-electron chi connectivity index (χ0n) is 11.8. The minimum atomic E-state index is -0.990. The summed E-state index contributed by atoms with van der Waals surface area (Å²) in [6.45, 7) is 10.8. The number of hydrogen-bond acceptors (Lipinski definition) is 6. The lowest BCUT2D eigenvalue weighted by molar-refractivity contribution is 0.285. The maximum Gasteiger partial charge on any atom is 0.237 e. The summed E-state index contributed by atoms with van der Waals surface area (Å²) in [4.78, 5) is 28.2. The van der Waals surface area contributed by atoms with Gasteiger partial charge in [0.05, 0.1) is 0 Å². The minimum absolute atomic E-state index is 0.0284. The SMILES string of the molecule is CC(C)C(C)(N=C=O)N=NC(C)(N=C=O)C(C)C. The molecule has 6 nitrogen and oxygen atoms in total. The van der Waals surface area contributed by atoms with E-state index in [0.29, 0.717) is 0 Å². The van der Waals surface area contributed by atoms with Gasteiger partial charge in [0.2, 0.25) is 12.2 Å². The van der Waals surface area contributed by atoms with Crippen LogP contribution in [0.1, 0.15) is 41.5 Å². The molecule has 0 aromatic rings. The Hall–Kier alpha value is -1.64. The Balaban J connectivity index is 5.43. The standard InChI is InChI=1S/C12H20N4O2/c1-9(2)11(5,13-7-17)15-16-12(6,10(3)4)14-8-18/h9-10H,1-6H3. The quantitative estimate of drug-likeness (QED) is 0.413. The van der Waals surface area contributed by atoms with Crippen LogP contribution in [0.3, 0.4) is 0 Å². The van der Waals surface area contributed by atoms with E-state index in [9.17, 15) is 9.59 Å². The van der Waals surface area contributed by atoms with Crippen molar-refractivity contribution in [1.82, 2.24) is 0 Å². The molecule has 0 aliphatic carbocycles. The molecule has 2 unspecified atom stereocenters. The maximum atomic E-state index is 10.4. The third-order valence-corrected chi connectivity index (χ3v) is 3.19. The number of rotatable bonds is 6.